The van der Waals surface area contributed by atoms with E-state index in [0.29, 0.717) is 6.61 Å². The summed E-state index contributed by atoms with van der Waals surface area (Å²) < 4.78 is 9.75. The Bertz CT molecular complexity index is 256. The Kier molecular flexibility index (Phi) is 9.26. The molecule has 0 heterocycles. The molecule has 0 aliphatic carbocycles. The number of aliphatic hydroxyl groups excluding tert-OH is 1. The van der Waals surface area contributed by atoms with E-state index >= 15 is 0 Å². The van der Waals surface area contributed by atoms with Crippen LogP contribution in [0.2, 0.25) is 0 Å². The topological polar surface area (TPSA) is 55.8 Å². The number of carbonyl (C=O) groups excluding carboxylic acids is 1. The molecular weight excluding hydrogens is 208 g/mol. The van der Waals surface area contributed by atoms with Crippen molar-refractivity contribution < 1.29 is 19.4 Å². The first-order valence-corrected chi connectivity index (χ1v) is 5.03. The molecule has 1 N–H and O–H groups in total. The van der Waals surface area contributed by atoms with Gasteiger partial charge in [0.2, 0.25) is 0 Å². The van der Waals surface area contributed by atoms with Crippen LogP contribution in [0.25, 0.3) is 0 Å². The molecule has 4 heteroatoms. The van der Waals surface area contributed by atoms with E-state index in [-0.39, 0.29) is 13.2 Å². The Labute approximate surface area is 95.9 Å². The van der Waals surface area contributed by atoms with Crippen LogP contribution in [-0.2, 0) is 14.3 Å². The van der Waals surface area contributed by atoms with Crippen molar-refractivity contribution in [3.63, 3.8) is 0 Å². The fraction of sp³-hybridized carbons (Fsp3) is 0.417. The van der Waals surface area contributed by atoms with Crippen molar-refractivity contribution >= 4 is 5.97 Å². The first kappa shape index (κ1) is 14.6. The van der Waals surface area contributed by atoms with Crippen molar-refractivity contribution in [2.45, 2.75) is 13.0 Å². The molecule has 0 fully saturated rings. The van der Waals surface area contributed by atoms with E-state index in [0.717, 1.165) is 0 Å². The molecular formula is C12H18O4. The molecule has 0 amide bonds. The monoisotopic (exact) mass is 226 g/mol. The number of esters is 1. The molecule has 0 aromatic rings. The Morgan fingerprint density at radius 1 is 1.44 bits per heavy atom. The minimum atomic E-state index is -0.806. The van der Waals surface area contributed by atoms with Crippen molar-refractivity contribution in [1.82, 2.24) is 0 Å². The van der Waals surface area contributed by atoms with E-state index in [1.807, 2.05) is 6.92 Å². The van der Waals surface area contributed by atoms with Gasteiger partial charge in [0.1, 0.15) is 12.7 Å². The van der Waals surface area contributed by atoms with Crippen LogP contribution in [0.5, 0.6) is 0 Å². The molecule has 90 valence electrons. The van der Waals surface area contributed by atoms with Gasteiger partial charge in [-0.3, -0.25) is 0 Å². The third-order valence-corrected chi connectivity index (χ3v) is 1.50. The Hall–Kier alpha value is -1.39. The number of aliphatic hydroxyl groups is 1. The van der Waals surface area contributed by atoms with Crippen LogP contribution in [-0.4, -0.2) is 37.0 Å². The molecule has 0 saturated carbocycles. The van der Waals surface area contributed by atoms with Crippen molar-refractivity contribution in [2.75, 3.05) is 19.8 Å². The standard InChI is InChI=1S/C12H18O4/c1-3-5-6-7-12(14)16-10-11(13)9-15-8-4-2/h3-7,11,13H,2,8-10H2,1H3/b5-3+,7-6+. The smallest absolute Gasteiger partial charge is 0.330 e. The van der Waals surface area contributed by atoms with Gasteiger partial charge in [-0.15, -0.1) is 6.58 Å². The SMILES string of the molecule is C=CCOCC(O)COC(=O)/C=C/C=C/C. The predicted octanol–water partition coefficient (Wildman–Crippen LogP) is 1.23. The number of hydrogen-bond acceptors (Lipinski definition) is 4. The van der Waals surface area contributed by atoms with Crippen LogP contribution < -0.4 is 0 Å². The quantitative estimate of drug-likeness (QED) is 0.222. The number of rotatable bonds is 8. The predicted molar refractivity (Wildman–Crippen MR) is 61.9 cm³/mol. The van der Waals surface area contributed by atoms with Gasteiger partial charge in [-0.25, -0.2) is 4.79 Å². The highest BCUT2D eigenvalue weighted by Gasteiger charge is 2.06. The van der Waals surface area contributed by atoms with Crippen molar-refractivity contribution in [3.8, 4) is 0 Å². The van der Waals surface area contributed by atoms with Gasteiger partial charge in [-0.05, 0) is 6.92 Å². The lowest BCUT2D eigenvalue weighted by molar-refractivity contribution is -0.141. The molecule has 16 heavy (non-hydrogen) atoms. The van der Waals surface area contributed by atoms with Gasteiger partial charge in [-0.1, -0.05) is 24.3 Å². The van der Waals surface area contributed by atoms with E-state index in [4.69, 9.17) is 9.47 Å². The summed E-state index contributed by atoms with van der Waals surface area (Å²) in [5, 5.41) is 9.32. The summed E-state index contributed by atoms with van der Waals surface area (Å²) in [7, 11) is 0. The van der Waals surface area contributed by atoms with Crippen molar-refractivity contribution in [2.24, 2.45) is 0 Å². The molecule has 4 nitrogen and oxygen atoms in total. The number of carbonyl (C=O) groups is 1. The molecule has 0 aliphatic rings. The maximum absolute atomic E-state index is 11.0. The van der Waals surface area contributed by atoms with E-state index in [9.17, 15) is 9.90 Å². The second-order valence-corrected chi connectivity index (χ2v) is 2.99. The van der Waals surface area contributed by atoms with Crippen LogP contribution in [0.4, 0.5) is 0 Å². The van der Waals surface area contributed by atoms with Gasteiger partial charge < -0.3 is 14.6 Å². The molecule has 0 aliphatic heterocycles. The van der Waals surface area contributed by atoms with Crippen LogP contribution in [0, 0.1) is 0 Å². The molecule has 1 unspecified atom stereocenters. The zero-order valence-electron chi connectivity index (χ0n) is 9.46. The average Bonchev–Trinajstić information content (AvgIpc) is 2.27. The molecule has 0 rings (SSSR count). The minimum Gasteiger partial charge on any atom is -0.460 e. The molecule has 0 aromatic carbocycles. The van der Waals surface area contributed by atoms with E-state index in [1.54, 1.807) is 24.3 Å². The lowest BCUT2D eigenvalue weighted by atomic mass is 10.4. The second-order valence-electron chi connectivity index (χ2n) is 2.99. The summed E-state index contributed by atoms with van der Waals surface area (Å²) >= 11 is 0. The Morgan fingerprint density at radius 3 is 2.81 bits per heavy atom. The highest BCUT2D eigenvalue weighted by Crippen LogP contribution is 1.90. The lowest BCUT2D eigenvalue weighted by Crippen LogP contribution is -2.23. The molecule has 0 aromatic heterocycles. The Morgan fingerprint density at radius 2 is 2.19 bits per heavy atom. The van der Waals surface area contributed by atoms with Crippen LogP contribution in [0.1, 0.15) is 6.92 Å². The van der Waals surface area contributed by atoms with Gasteiger partial charge >= 0.3 is 5.97 Å². The fourth-order valence-electron chi connectivity index (χ4n) is 0.807. The third-order valence-electron chi connectivity index (χ3n) is 1.50. The summed E-state index contributed by atoms with van der Waals surface area (Å²) in [6.45, 7) is 5.73. The van der Waals surface area contributed by atoms with E-state index in [1.165, 1.54) is 6.08 Å². The molecule has 0 saturated heterocycles. The number of ether oxygens (including phenoxy) is 2. The maximum Gasteiger partial charge on any atom is 0.330 e. The first-order chi connectivity index (χ1) is 7.70. The van der Waals surface area contributed by atoms with Gasteiger partial charge in [-0.2, -0.15) is 0 Å². The zero-order chi connectivity index (χ0) is 12.2. The molecule has 1 atom stereocenters. The normalized spacial score (nSPS) is 13.1. The minimum absolute atomic E-state index is 0.0733. The fourth-order valence-corrected chi connectivity index (χ4v) is 0.807. The maximum atomic E-state index is 11.0. The summed E-state index contributed by atoms with van der Waals surface area (Å²) in [5.41, 5.74) is 0. The Balaban J connectivity index is 3.62. The van der Waals surface area contributed by atoms with Crippen LogP contribution in [0.15, 0.2) is 37.0 Å². The third kappa shape index (κ3) is 9.18. The number of allylic oxidation sites excluding steroid dienone is 3. The van der Waals surface area contributed by atoms with Crippen molar-refractivity contribution in [3.05, 3.63) is 37.0 Å². The summed E-state index contributed by atoms with van der Waals surface area (Å²) in [5.74, 6) is -0.485. The molecule has 0 bridgehead atoms. The number of hydrogen-bond donors (Lipinski definition) is 1. The lowest BCUT2D eigenvalue weighted by Gasteiger charge is -2.09. The summed E-state index contributed by atoms with van der Waals surface area (Å²) in [4.78, 5) is 11.0. The van der Waals surface area contributed by atoms with E-state index < -0.39 is 12.1 Å². The van der Waals surface area contributed by atoms with Crippen molar-refractivity contribution in [1.29, 1.82) is 0 Å². The highest BCUT2D eigenvalue weighted by molar-refractivity contribution is 5.82. The summed E-state index contributed by atoms with van der Waals surface area (Å²) in [6.07, 6.45) is 7.14. The first-order valence-electron chi connectivity index (χ1n) is 5.03. The van der Waals surface area contributed by atoms with Crippen LogP contribution >= 0.6 is 0 Å². The average molecular weight is 226 g/mol. The van der Waals surface area contributed by atoms with Gasteiger partial charge in [0, 0.05) is 6.08 Å². The van der Waals surface area contributed by atoms with E-state index in [2.05, 4.69) is 6.58 Å². The summed E-state index contributed by atoms with van der Waals surface area (Å²) in [6, 6.07) is 0. The largest absolute Gasteiger partial charge is 0.460 e. The second kappa shape index (κ2) is 10.1. The molecule has 0 radical (unpaired) electrons. The van der Waals surface area contributed by atoms with Gasteiger partial charge in [0.25, 0.3) is 0 Å². The highest BCUT2D eigenvalue weighted by atomic mass is 16.5. The van der Waals surface area contributed by atoms with Crippen LogP contribution in [0.3, 0.4) is 0 Å². The van der Waals surface area contributed by atoms with Gasteiger partial charge in [0.15, 0.2) is 0 Å². The van der Waals surface area contributed by atoms with Gasteiger partial charge in [0.05, 0.1) is 13.2 Å². The zero-order valence-corrected chi connectivity index (χ0v) is 9.46. The molecule has 0 spiro atoms.